The van der Waals surface area contributed by atoms with Gasteiger partial charge in [0.05, 0.1) is 0 Å². The number of hydrogen-bond donors (Lipinski definition) is 0. The second kappa shape index (κ2) is 9.77. The Kier molecular flexibility index (Phi) is 8.54. The standard InChI is InChI=1S/C26H38.C2H6/c1-18(2)10-11-19(3)12-13-20(4)22-17-24-23(16-21(22)5)25(6,7)14-15-26(24,8)9;1-2/h10-11,16-17H,4,12-15H2,1-3,5-9H3;1-2H3/b19-11+;. The molecule has 1 aliphatic rings. The van der Waals surface area contributed by atoms with Gasteiger partial charge in [0.25, 0.3) is 0 Å². The van der Waals surface area contributed by atoms with Crippen molar-refractivity contribution < 1.29 is 0 Å². The van der Waals surface area contributed by atoms with Crippen molar-refractivity contribution in [3.8, 4) is 0 Å². The van der Waals surface area contributed by atoms with Crippen molar-refractivity contribution in [2.45, 2.75) is 106 Å². The molecule has 0 N–H and O–H groups in total. The van der Waals surface area contributed by atoms with Crippen molar-refractivity contribution in [1.82, 2.24) is 0 Å². The predicted octanol–water partition coefficient (Wildman–Crippen LogP) is 9.08. The molecule has 0 amide bonds. The number of aryl methyl sites for hydroxylation is 1. The third-order valence-corrected chi connectivity index (χ3v) is 6.10. The zero-order valence-electron chi connectivity index (χ0n) is 20.3. The Morgan fingerprint density at radius 1 is 0.893 bits per heavy atom. The number of rotatable bonds is 5. The molecule has 0 saturated carbocycles. The van der Waals surface area contributed by atoms with Gasteiger partial charge in [0.2, 0.25) is 0 Å². The molecule has 28 heavy (non-hydrogen) atoms. The summed E-state index contributed by atoms with van der Waals surface area (Å²) in [5.41, 5.74) is 10.4. The summed E-state index contributed by atoms with van der Waals surface area (Å²) in [5.74, 6) is 0. The van der Waals surface area contributed by atoms with Gasteiger partial charge < -0.3 is 0 Å². The third kappa shape index (κ3) is 5.97. The Morgan fingerprint density at radius 3 is 1.89 bits per heavy atom. The number of hydrogen-bond acceptors (Lipinski definition) is 0. The molecule has 0 fully saturated rings. The molecule has 0 unspecified atom stereocenters. The minimum Gasteiger partial charge on any atom is -0.0952 e. The quantitative estimate of drug-likeness (QED) is 0.447. The predicted molar refractivity (Wildman–Crippen MR) is 129 cm³/mol. The summed E-state index contributed by atoms with van der Waals surface area (Å²) < 4.78 is 0. The van der Waals surface area contributed by atoms with E-state index in [0.717, 1.165) is 12.8 Å². The topological polar surface area (TPSA) is 0 Å². The van der Waals surface area contributed by atoms with Gasteiger partial charge in [-0.2, -0.15) is 0 Å². The van der Waals surface area contributed by atoms with E-state index in [0.29, 0.717) is 0 Å². The van der Waals surface area contributed by atoms with Crippen LogP contribution in [0.5, 0.6) is 0 Å². The Morgan fingerprint density at radius 2 is 1.39 bits per heavy atom. The number of fused-ring (bicyclic) bond motifs is 1. The molecule has 0 nitrogen and oxygen atoms in total. The summed E-state index contributed by atoms with van der Waals surface area (Å²) in [7, 11) is 0. The molecule has 2 rings (SSSR count). The summed E-state index contributed by atoms with van der Waals surface area (Å²) in [5, 5.41) is 0. The molecule has 0 heterocycles. The molecule has 0 aromatic heterocycles. The molecule has 0 bridgehead atoms. The van der Waals surface area contributed by atoms with E-state index in [1.807, 2.05) is 13.8 Å². The van der Waals surface area contributed by atoms with E-state index in [2.05, 4.69) is 86.3 Å². The van der Waals surface area contributed by atoms with E-state index < -0.39 is 0 Å². The van der Waals surface area contributed by atoms with Gasteiger partial charge in [-0.3, -0.25) is 0 Å². The molecular weight excluding hydrogens is 336 g/mol. The first-order valence-corrected chi connectivity index (χ1v) is 11.1. The molecule has 0 spiro atoms. The molecule has 0 atom stereocenters. The summed E-state index contributed by atoms with van der Waals surface area (Å²) in [6.45, 7) is 26.8. The molecule has 0 heteroatoms. The molecule has 0 radical (unpaired) electrons. The fraction of sp³-hybridized carbons (Fsp3) is 0.571. The lowest BCUT2D eigenvalue weighted by Gasteiger charge is -2.42. The highest BCUT2D eigenvalue weighted by molar-refractivity contribution is 5.69. The first-order valence-electron chi connectivity index (χ1n) is 11.1. The number of benzene rings is 1. The largest absolute Gasteiger partial charge is 0.0952 e. The number of allylic oxidation sites excluding steroid dienone is 5. The fourth-order valence-electron chi connectivity index (χ4n) is 3.98. The Bertz CT molecular complexity index is 746. The lowest BCUT2D eigenvalue weighted by Crippen LogP contribution is -2.34. The van der Waals surface area contributed by atoms with Gasteiger partial charge in [-0.1, -0.05) is 83.6 Å². The van der Waals surface area contributed by atoms with Crippen LogP contribution in [0.4, 0.5) is 0 Å². The highest BCUT2D eigenvalue weighted by atomic mass is 14.4. The molecule has 1 aromatic rings. The maximum absolute atomic E-state index is 4.44. The molecule has 156 valence electrons. The molecule has 1 aromatic carbocycles. The van der Waals surface area contributed by atoms with Crippen LogP contribution in [0.2, 0.25) is 0 Å². The van der Waals surface area contributed by atoms with E-state index >= 15 is 0 Å². The van der Waals surface area contributed by atoms with Crippen LogP contribution >= 0.6 is 0 Å². The Labute approximate surface area is 175 Å². The van der Waals surface area contributed by atoms with Gasteiger partial charge in [0, 0.05) is 0 Å². The van der Waals surface area contributed by atoms with Crippen LogP contribution < -0.4 is 0 Å². The minimum atomic E-state index is 0.257. The SMILES string of the molecule is C=C(CC/C(C)=C/C=C(C)C)c1cc2c(cc1C)C(C)(C)CCC2(C)C.CC. The summed E-state index contributed by atoms with van der Waals surface area (Å²) in [6, 6.07) is 4.91. The first-order chi connectivity index (χ1) is 12.9. The highest BCUT2D eigenvalue weighted by Crippen LogP contribution is 2.47. The average molecular weight is 381 g/mol. The highest BCUT2D eigenvalue weighted by Gasteiger charge is 2.37. The molecular formula is C28H44. The average Bonchev–Trinajstić information content (AvgIpc) is 2.63. The van der Waals surface area contributed by atoms with Crippen molar-refractivity contribution in [3.05, 3.63) is 64.3 Å². The van der Waals surface area contributed by atoms with Crippen LogP contribution in [0.3, 0.4) is 0 Å². The van der Waals surface area contributed by atoms with Gasteiger partial charge >= 0.3 is 0 Å². The van der Waals surface area contributed by atoms with E-state index in [-0.39, 0.29) is 10.8 Å². The summed E-state index contributed by atoms with van der Waals surface area (Å²) >= 11 is 0. The second-order valence-corrected chi connectivity index (χ2v) is 9.84. The minimum absolute atomic E-state index is 0.257. The van der Waals surface area contributed by atoms with Gasteiger partial charge in [0.1, 0.15) is 0 Å². The summed E-state index contributed by atoms with van der Waals surface area (Å²) in [4.78, 5) is 0. The van der Waals surface area contributed by atoms with Crippen LogP contribution in [0, 0.1) is 6.92 Å². The van der Waals surface area contributed by atoms with Crippen LogP contribution in [-0.2, 0) is 10.8 Å². The zero-order chi connectivity index (χ0) is 21.7. The van der Waals surface area contributed by atoms with Crippen LogP contribution in [0.1, 0.15) is 110 Å². The van der Waals surface area contributed by atoms with Crippen LogP contribution in [-0.4, -0.2) is 0 Å². The lowest BCUT2D eigenvalue weighted by atomic mass is 9.62. The van der Waals surface area contributed by atoms with Crippen molar-refractivity contribution in [2.24, 2.45) is 0 Å². The molecule has 1 aliphatic carbocycles. The van der Waals surface area contributed by atoms with Crippen LogP contribution in [0.25, 0.3) is 5.57 Å². The van der Waals surface area contributed by atoms with Gasteiger partial charge in [-0.25, -0.2) is 0 Å². The van der Waals surface area contributed by atoms with E-state index in [1.54, 1.807) is 5.56 Å². The summed E-state index contributed by atoms with van der Waals surface area (Å²) in [6.07, 6.45) is 9.07. The second-order valence-electron chi connectivity index (χ2n) is 9.84. The van der Waals surface area contributed by atoms with Gasteiger partial charge in [-0.15, -0.1) is 0 Å². The van der Waals surface area contributed by atoms with Crippen molar-refractivity contribution >= 4 is 5.57 Å². The maximum atomic E-state index is 4.44. The van der Waals surface area contributed by atoms with Gasteiger partial charge in [-0.05, 0) is 92.0 Å². The zero-order valence-corrected chi connectivity index (χ0v) is 20.3. The van der Waals surface area contributed by atoms with Gasteiger partial charge in [0.15, 0.2) is 0 Å². The van der Waals surface area contributed by atoms with E-state index in [4.69, 9.17) is 0 Å². The normalized spacial score (nSPS) is 17.1. The van der Waals surface area contributed by atoms with E-state index in [9.17, 15) is 0 Å². The molecule has 0 saturated heterocycles. The third-order valence-electron chi connectivity index (χ3n) is 6.10. The smallest absolute Gasteiger partial charge is 0.0100 e. The van der Waals surface area contributed by atoms with Crippen molar-refractivity contribution in [1.29, 1.82) is 0 Å². The Balaban J connectivity index is 0.00000190. The fourth-order valence-corrected chi connectivity index (χ4v) is 3.98. The van der Waals surface area contributed by atoms with Crippen molar-refractivity contribution in [2.75, 3.05) is 0 Å². The maximum Gasteiger partial charge on any atom is -0.0100 e. The monoisotopic (exact) mass is 380 g/mol. The van der Waals surface area contributed by atoms with Crippen LogP contribution in [0.15, 0.2) is 42.0 Å². The van der Waals surface area contributed by atoms with Crippen molar-refractivity contribution in [3.63, 3.8) is 0 Å². The first kappa shape index (κ1) is 24.5. The Hall–Kier alpha value is -1.56. The van der Waals surface area contributed by atoms with E-state index in [1.165, 1.54) is 46.3 Å². The molecule has 0 aliphatic heterocycles. The lowest BCUT2D eigenvalue weighted by molar-refractivity contribution is 0.331.